The molecule has 0 saturated carbocycles. The Kier molecular flexibility index (Phi) is 9.98. The van der Waals surface area contributed by atoms with E-state index in [1.165, 1.54) is 0 Å². The second-order valence-corrected chi connectivity index (χ2v) is 8.34. The van der Waals surface area contributed by atoms with E-state index in [1.807, 2.05) is 0 Å². The van der Waals surface area contributed by atoms with Crippen LogP contribution >= 0.6 is 34.8 Å². The Labute approximate surface area is 223 Å². The molecule has 2 saturated heterocycles. The zero-order valence-electron chi connectivity index (χ0n) is 18.1. The molecule has 0 amide bonds. The smallest absolute Gasteiger partial charge is 0.406 e. The van der Waals surface area contributed by atoms with Crippen molar-refractivity contribution in [2.24, 2.45) is 5.11 Å². The largest absolute Gasteiger partial charge is 0.410 e. The molecule has 8 N–H and O–H groups in total. The van der Waals surface area contributed by atoms with Gasteiger partial charge in [-0.2, -0.15) is 0 Å². The molecule has 2 fully saturated rings. The molecule has 0 radical (unpaired) electrons. The van der Waals surface area contributed by atoms with E-state index in [4.69, 9.17) is 54.5 Å². The van der Waals surface area contributed by atoms with Gasteiger partial charge in [0, 0.05) is 39.7 Å². The topological polar surface area (TPSA) is 317 Å². The predicted octanol–water partition coefficient (Wildman–Crippen LogP) is -2.65. The van der Waals surface area contributed by atoms with Crippen molar-refractivity contribution >= 4 is 51.1 Å². The molecule has 216 valence electrons. The third-order valence-corrected chi connectivity index (χ3v) is 5.56. The van der Waals surface area contributed by atoms with Gasteiger partial charge in [-0.15, -0.1) is 0 Å². The van der Waals surface area contributed by atoms with Crippen LogP contribution in [-0.4, -0.2) is 130 Å². The highest BCUT2D eigenvalue weighted by atomic mass is 35.5. The fourth-order valence-corrected chi connectivity index (χ4v) is 3.95. The first kappa shape index (κ1) is 32.4. The van der Waals surface area contributed by atoms with Gasteiger partial charge < -0.3 is 69.3 Å². The van der Waals surface area contributed by atoms with Gasteiger partial charge in [0.05, 0.1) is 13.2 Å². The molecule has 0 aliphatic carbocycles. The lowest BCUT2D eigenvalue weighted by molar-refractivity contribution is -0.552. The highest BCUT2D eigenvalue weighted by Crippen LogP contribution is 2.53. The number of ether oxygens (including phenoxy) is 6. The van der Waals surface area contributed by atoms with Gasteiger partial charge in [-0.25, -0.2) is 14.4 Å². The SMILES string of the molecule is [N-]=[N+]=N[C@]1(CO)O[C@H](O[C@H]2[C@H](O)[C@@H](O)[C@H](O)O[C@@H]2CO)[C@@](O)(OC(=O)Cl)[C@@](O)(OC(=O)Cl)[C@]1(O)OC(=O)Cl. The van der Waals surface area contributed by atoms with Gasteiger partial charge in [0.15, 0.2) is 6.29 Å². The van der Waals surface area contributed by atoms with Crippen LogP contribution in [0.1, 0.15) is 0 Å². The third-order valence-electron chi connectivity index (χ3n) is 5.33. The Balaban J connectivity index is 2.87. The summed E-state index contributed by atoms with van der Waals surface area (Å²) in [6.07, 6.45) is -13.6. The van der Waals surface area contributed by atoms with Crippen LogP contribution in [0.3, 0.4) is 0 Å². The third kappa shape index (κ3) is 5.30. The highest BCUT2D eigenvalue weighted by molar-refractivity contribution is 6.61. The summed E-state index contributed by atoms with van der Waals surface area (Å²) in [7, 11) is 0. The van der Waals surface area contributed by atoms with Crippen LogP contribution in [0.5, 0.6) is 0 Å². The van der Waals surface area contributed by atoms with Crippen LogP contribution in [-0.2, 0) is 28.4 Å². The minimum Gasteiger partial charge on any atom is -0.410 e. The summed E-state index contributed by atoms with van der Waals surface area (Å²) < 4.78 is 27.9. The van der Waals surface area contributed by atoms with Crippen LogP contribution in [0.2, 0.25) is 0 Å². The minimum atomic E-state index is -4.55. The molecule has 2 rings (SSSR count). The number of rotatable bonds is 8. The van der Waals surface area contributed by atoms with Crippen molar-refractivity contribution in [3.63, 3.8) is 0 Å². The predicted molar refractivity (Wildman–Crippen MR) is 111 cm³/mol. The van der Waals surface area contributed by atoms with E-state index in [2.05, 4.69) is 24.2 Å². The minimum absolute atomic E-state index is 1.11. The molecule has 0 aromatic carbocycles. The fraction of sp³-hybridized carbons (Fsp3) is 0.800. The molecular weight excluding hydrogens is 601 g/mol. The summed E-state index contributed by atoms with van der Waals surface area (Å²) in [5.74, 6) is -13.2. The lowest BCUT2D eigenvalue weighted by Crippen LogP contribution is -2.87. The quantitative estimate of drug-likeness (QED) is 0.0344. The molecular formula is C15H18Cl3N3O17. The molecule has 0 unspecified atom stereocenters. The van der Waals surface area contributed by atoms with Crippen molar-refractivity contribution in [1.29, 1.82) is 0 Å². The lowest BCUT2D eigenvalue weighted by Gasteiger charge is -2.58. The van der Waals surface area contributed by atoms with E-state index in [9.17, 15) is 55.2 Å². The molecule has 0 aromatic rings. The molecule has 0 spiro atoms. The molecule has 2 aliphatic rings. The first-order valence-corrected chi connectivity index (χ1v) is 10.8. The summed E-state index contributed by atoms with van der Waals surface area (Å²) in [5.41, 5.74) is -1.06. The molecule has 0 bridgehead atoms. The second kappa shape index (κ2) is 11.7. The average molecular weight is 619 g/mol. The number of azide groups is 1. The van der Waals surface area contributed by atoms with Gasteiger partial charge in [-0.1, -0.05) is 0 Å². The van der Waals surface area contributed by atoms with Gasteiger partial charge in [0.1, 0.15) is 24.4 Å². The molecule has 10 atom stereocenters. The van der Waals surface area contributed by atoms with Crippen molar-refractivity contribution in [2.45, 2.75) is 60.1 Å². The Morgan fingerprint density at radius 1 is 0.921 bits per heavy atom. The van der Waals surface area contributed by atoms with Crippen LogP contribution in [0.15, 0.2) is 5.11 Å². The normalized spacial score (nSPS) is 42.9. The van der Waals surface area contributed by atoms with Crippen LogP contribution in [0.25, 0.3) is 10.4 Å². The summed E-state index contributed by atoms with van der Waals surface area (Å²) in [4.78, 5) is 37.1. The Morgan fingerprint density at radius 3 is 1.89 bits per heavy atom. The zero-order chi connectivity index (χ0) is 29.3. The van der Waals surface area contributed by atoms with Crippen molar-refractivity contribution < 1.29 is 83.7 Å². The van der Waals surface area contributed by atoms with E-state index in [0.29, 0.717) is 0 Å². The maximum atomic E-state index is 11.7. The maximum Gasteiger partial charge on any atom is 0.406 e. The molecule has 2 aliphatic heterocycles. The average Bonchev–Trinajstić information content (AvgIpc) is 2.80. The van der Waals surface area contributed by atoms with Gasteiger partial charge in [0.25, 0.3) is 0 Å². The number of aliphatic hydroxyl groups excluding tert-OH is 5. The van der Waals surface area contributed by atoms with E-state index < -0.39 is 89.6 Å². The number of nitrogens with zero attached hydrogens (tertiary/aromatic N) is 3. The number of carbonyl (C=O) groups is 3. The number of carbonyl (C=O) groups excluding carboxylic acids is 3. The van der Waals surface area contributed by atoms with Crippen molar-refractivity contribution in [3.05, 3.63) is 10.4 Å². The molecule has 38 heavy (non-hydrogen) atoms. The summed E-state index contributed by atoms with van der Waals surface area (Å²) >= 11 is 15.3. The first-order chi connectivity index (χ1) is 17.5. The highest BCUT2D eigenvalue weighted by Gasteiger charge is 2.86. The van der Waals surface area contributed by atoms with Crippen molar-refractivity contribution in [3.8, 4) is 0 Å². The fourth-order valence-electron chi connectivity index (χ4n) is 3.60. The number of aliphatic hydroxyl groups is 8. The summed E-state index contributed by atoms with van der Waals surface area (Å²) in [6, 6.07) is 0. The second-order valence-electron chi connectivity index (χ2n) is 7.41. The van der Waals surface area contributed by atoms with Crippen LogP contribution in [0, 0.1) is 0 Å². The molecule has 0 aromatic heterocycles. The van der Waals surface area contributed by atoms with Gasteiger partial charge in [-0.3, -0.25) is 0 Å². The van der Waals surface area contributed by atoms with E-state index in [1.54, 1.807) is 0 Å². The molecule has 2 heterocycles. The Morgan fingerprint density at radius 2 is 1.45 bits per heavy atom. The maximum absolute atomic E-state index is 11.7. The Hall–Kier alpha value is -1.85. The first-order valence-electron chi connectivity index (χ1n) is 9.62. The molecule has 23 heteroatoms. The monoisotopic (exact) mass is 617 g/mol. The van der Waals surface area contributed by atoms with E-state index in [0.717, 1.165) is 0 Å². The Bertz CT molecular complexity index is 988. The summed E-state index contributed by atoms with van der Waals surface area (Å²) in [5, 5.41) is 85.9. The zero-order valence-corrected chi connectivity index (χ0v) is 20.4. The van der Waals surface area contributed by atoms with E-state index in [-0.39, 0.29) is 0 Å². The lowest BCUT2D eigenvalue weighted by atomic mass is 9.83. The molecule has 20 nitrogen and oxygen atoms in total. The number of hydrogen-bond donors (Lipinski definition) is 8. The summed E-state index contributed by atoms with van der Waals surface area (Å²) in [6.45, 7) is -2.97. The van der Waals surface area contributed by atoms with Crippen molar-refractivity contribution in [2.75, 3.05) is 13.2 Å². The van der Waals surface area contributed by atoms with Gasteiger partial charge in [-0.05, 0) is 10.6 Å². The number of halogens is 3. The van der Waals surface area contributed by atoms with Crippen LogP contribution < -0.4 is 0 Å². The van der Waals surface area contributed by atoms with Gasteiger partial charge in [0.2, 0.25) is 12.0 Å². The van der Waals surface area contributed by atoms with Crippen molar-refractivity contribution in [1.82, 2.24) is 0 Å². The standard InChI is InChI=1S/C15H18Cl3N3O17/c16-9(27)36-13(30)8(34-6-3(1-22)33-7(26)5(25)4(6)24)35-12(2-23,20-21-19)14(31,37-10(17)28)15(13,32)38-11(18)29/h3-8,22-26,30-32H,1-2H2/t3-,4-,5-,6-,7-,8+,12-,13-,14-,15-/m1/s1. The van der Waals surface area contributed by atoms with Crippen LogP contribution in [0.4, 0.5) is 14.4 Å². The number of hydrogen-bond acceptors (Lipinski definition) is 18. The van der Waals surface area contributed by atoms with Gasteiger partial charge >= 0.3 is 33.6 Å². The van der Waals surface area contributed by atoms with E-state index >= 15 is 0 Å².